The number of hydrogen-bond acceptors (Lipinski definition) is 3. The van der Waals surface area contributed by atoms with Crippen LogP contribution in [0.3, 0.4) is 0 Å². The number of aryl methyl sites for hydroxylation is 2. The van der Waals surface area contributed by atoms with Crippen LogP contribution in [0.15, 0.2) is 18.2 Å². The minimum absolute atomic E-state index is 0.467. The van der Waals surface area contributed by atoms with Crippen LogP contribution in [0.2, 0.25) is 0 Å². The number of nitrogens with one attached hydrogen (secondary N) is 3. The molecule has 2 rings (SSSR count). The normalized spacial score (nSPS) is 10.3. The van der Waals surface area contributed by atoms with Gasteiger partial charge < -0.3 is 5.32 Å². The maximum absolute atomic E-state index is 5.28. The third kappa shape index (κ3) is 2.99. The number of nitrogens with zero attached hydrogens (tertiary/aromatic N) is 2. The zero-order valence-corrected chi connectivity index (χ0v) is 12.6. The van der Waals surface area contributed by atoms with Crippen LogP contribution in [0.1, 0.15) is 17.0 Å². The second kappa shape index (κ2) is 5.50. The zero-order chi connectivity index (χ0) is 14.0. The van der Waals surface area contributed by atoms with Crippen LogP contribution in [0.5, 0.6) is 0 Å². The fraction of sp³-hybridized carbons (Fsp3) is 0.250. The third-order valence-corrected chi connectivity index (χ3v) is 3.37. The summed E-state index contributed by atoms with van der Waals surface area (Å²) in [6.45, 7) is 5.95. The van der Waals surface area contributed by atoms with E-state index in [4.69, 9.17) is 24.4 Å². The number of H-pyrrole nitrogens is 1. The average Bonchev–Trinajstić information content (AvgIpc) is 2.67. The molecular weight excluding hydrogens is 278 g/mol. The molecule has 0 bridgehead atoms. The molecule has 1 aromatic heterocycles. The van der Waals surface area contributed by atoms with Crippen molar-refractivity contribution in [1.29, 1.82) is 0 Å². The Labute approximate surface area is 122 Å². The topological polar surface area (TPSA) is 57.7 Å². The Morgan fingerprint density at radius 2 is 2.05 bits per heavy atom. The van der Waals surface area contributed by atoms with E-state index in [0.717, 1.165) is 11.5 Å². The van der Waals surface area contributed by atoms with Crippen LogP contribution >= 0.6 is 24.4 Å². The van der Waals surface area contributed by atoms with Crippen LogP contribution in [0.25, 0.3) is 0 Å². The summed E-state index contributed by atoms with van der Waals surface area (Å²) in [6, 6.07) is 6.03. The molecule has 2 aromatic rings. The van der Waals surface area contributed by atoms with E-state index in [1.165, 1.54) is 11.1 Å². The smallest absolute Gasteiger partial charge is 0.214 e. The standard InChI is InChI=1S/C12H15N5S2/c1-7-5-4-6-10(8(7)2)13-11(18)16-17-9(3)14-15-12(17)19/h4-6H,1-3H3,(H,15,19)(H2,13,16,18). The van der Waals surface area contributed by atoms with E-state index in [1.807, 2.05) is 19.1 Å². The SMILES string of the molecule is Cc1cccc(NC(=S)Nn2c(C)n[nH]c2=S)c1C. The summed E-state index contributed by atoms with van der Waals surface area (Å²) in [5.41, 5.74) is 6.35. The Morgan fingerprint density at radius 3 is 2.68 bits per heavy atom. The van der Waals surface area contributed by atoms with E-state index < -0.39 is 0 Å². The molecule has 0 aliphatic rings. The highest BCUT2D eigenvalue weighted by Crippen LogP contribution is 2.17. The molecule has 0 saturated carbocycles. The van der Waals surface area contributed by atoms with Crippen molar-refractivity contribution in [2.24, 2.45) is 0 Å². The molecule has 7 heteroatoms. The minimum atomic E-state index is 0.467. The first-order chi connectivity index (χ1) is 8.99. The highest BCUT2D eigenvalue weighted by molar-refractivity contribution is 7.80. The molecule has 0 atom stereocenters. The van der Waals surface area contributed by atoms with Gasteiger partial charge in [0.15, 0.2) is 5.11 Å². The van der Waals surface area contributed by atoms with Gasteiger partial charge in [0.1, 0.15) is 5.82 Å². The lowest BCUT2D eigenvalue weighted by atomic mass is 10.1. The van der Waals surface area contributed by atoms with Gasteiger partial charge in [-0.25, -0.2) is 4.68 Å². The van der Waals surface area contributed by atoms with Crippen molar-refractivity contribution in [2.45, 2.75) is 20.8 Å². The lowest BCUT2D eigenvalue weighted by Gasteiger charge is -2.14. The van der Waals surface area contributed by atoms with Gasteiger partial charge in [0.05, 0.1) is 0 Å². The highest BCUT2D eigenvalue weighted by atomic mass is 32.1. The number of hydrogen-bond donors (Lipinski definition) is 3. The fourth-order valence-corrected chi connectivity index (χ4v) is 2.07. The number of thiocarbonyl (C=S) groups is 1. The van der Waals surface area contributed by atoms with Crippen molar-refractivity contribution in [3.05, 3.63) is 39.9 Å². The quantitative estimate of drug-likeness (QED) is 0.743. The van der Waals surface area contributed by atoms with Gasteiger partial charge in [-0.05, 0) is 62.4 Å². The van der Waals surface area contributed by atoms with Crippen molar-refractivity contribution < 1.29 is 0 Å². The molecule has 0 aliphatic carbocycles. The molecule has 0 amide bonds. The lowest BCUT2D eigenvalue weighted by molar-refractivity contribution is 0.900. The van der Waals surface area contributed by atoms with Crippen molar-refractivity contribution in [2.75, 3.05) is 10.7 Å². The van der Waals surface area contributed by atoms with E-state index in [1.54, 1.807) is 4.68 Å². The van der Waals surface area contributed by atoms with Crippen molar-refractivity contribution >= 4 is 35.2 Å². The van der Waals surface area contributed by atoms with Gasteiger partial charge >= 0.3 is 0 Å². The summed E-state index contributed by atoms with van der Waals surface area (Å²) < 4.78 is 2.10. The Bertz CT molecular complexity index is 671. The molecule has 0 spiro atoms. The monoisotopic (exact) mass is 293 g/mol. The first-order valence-corrected chi connectivity index (χ1v) is 6.59. The first kappa shape index (κ1) is 13.7. The molecule has 1 heterocycles. The molecule has 100 valence electrons. The largest absolute Gasteiger partial charge is 0.331 e. The Kier molecular flexibility index (Phi) is 3.96. The summed E-state index contributed by atoms with van der Waals surface area (Å²) in [6.07, 6.45) is 0. The zero-order valence-electron chi connectivity index (χ0n) is 10.9. The molecule has 0 unspecified atom stereocenters. The number of rotatable bonds is 2. The fourth-order valence-electron chi connectivity index (χ4n) is 1.65. The predicted octanol–water partition coefficient (Wildman–Crippen LogP) is 2.81. The van der Waals surface area contributed by atoms with E-state index in [0.29, 0.717) is 9.88 Å². The number of aromatic amines is 1. The minimum Gasteiger partial charge on any atom is -0.331 e. The summed E-state index contributed by atoms with van der Waals surface area (Å²) in [7, 11) is 0. The van der Waals surface area contributed by atoms with Gasteiger partial charge in [0, 0.05) is 5.69 Å². The van der Waals surface area contributed by atoms with E-state index >= 15 is 0 Å². The van der Waals surface area contributed by atoms with Gasteiger partial charge in [0.2, 0.25) is 4.77 Å². The second-order valence-corrected chi connectivity index (χ2v) is 5.02. The van der Waals surface area contributed by atoms with E-state index in [2.05, 4.69) is 40.9 Å². The Morgan fingerprint density at radius 1 is 1.32 bits per heavy atom. The molecule has 0 saturated heterocycles. The van der Waals surface area contributed by atoms with E-state index in [9.17, 15) is 0 Å². The van der Waals surface area contributed by atoms with Gasteiger partial charge in [-0.15, -0.1) is 0 Å². The molecule has 5 nitrogen and oxygen atoms in total. The average molecular weight is 293 g/mol. The van der Waals surface area contributed by atoms with Gasteiger partial charge in [-0.3, -0.25) is 10.5 Å². The molecule has 0 radical (unpaired) electrons. The van der Waals surface area contributed by atoms with E-state index in [-0.39, 0.29) is 0 Å². The summed E-state index contributed by atoms with van der Waals surface area (Å²) in [4.78, 5) is 0. The van der Waals surface area contributed by atoms with Crippen LogP contribution < -0.4 is 10.7 Å². The van der Waals surface area contributed by atoms with Crippen molar-refractivity contribution in [3.63, 3.8) is 0 Å². The number of benzene rings is 1. The maximum atomic E-state index is 5.28. The molecule has 19 heavy (non-hydrogen) atoms. The Hall–Kier alpha value is -1.73. The van der Waals surface area contributed by atoms with Crippen LogP contribution in [0, 0.1) is 25.5 Å². The Balaban J connectivity index is 2.14. The molecule has 1 aromatic carbocycles. The second-order valence-electron chi connectivity index (χ2n) is 4.22. The summed E-state index contributed by atoms with van der Waals surface area (Å²) >= 11 is 10.4. The summed E-state index contributed by atoms with van der Waals surface area (Å²) in [5.74, 6) is 0.718. The van der Waals surface area contributed by atoms with Gasteiger partial charge in [-0.1, -0.05) is 12.1 Å². The van der Waals surface area contributed by atoms with Gasteiger partial charge in [-0.2, -0.15) is 5.10 Å². The lowest BCUT2D eigenvalue weighted by Crippen LogP contribution is -2.28. The molecule has 0 fully saturated rings. The molecular formula is C12H15N5S2. The van der Waals surface area contributed by atoms with Crippen molar-refractivity contribution in [1.82, 2.24) is 14.9 Å². The van der Waals surface area contributed by atoms with Gasteiger partial charge in [0.25, 0.3) is 0 Å². The van der Waals surface area contributed by atoms with Crippen LogP contribution in [-0.4, -0.2) is 20.0 Å². The molecule has 0 aliphatic heterocycles. The number of anilines is 1. The van der Waals surface area contributed by atoms with Crippen LogP contribution in [-0.2, 0) is 0 Å². The molecule has 3 N–H and O–H groups in total. The van der Waals surface area contributed by atoms with Crippen molar-refractivity contribution in [3.8, 4) is 0 Å². The third-order valence-electron chi connectivity index (χ3n) is 2.91. The highest BCUT2D eigenvalue weighted by Gasteiger charge is 2.05. The first-order valence-electron chi connectivity index (χ1n) is 5.77. The summed E-state index contributed by atoms with van der Waals surface area (Å²) in [5, 5.41) is 10.3. The van der Waals surface area contributed by atoms with Crippen LogP contribution in [0.4, 0.5) is 5.69 Å². The predicted molar refractivity (Wildman–Crippen MR) is 83.6 cm³/mol. The number of aromatic nitrogens is 3. The maximum Gasteiger partial charge on any atom is 0.214 e.